The number of unbranched alkanes of at least 4 members (excludes halogenated alkanes) is 1. The summed E-state index contributed by atoms with van der Waals surface area (Å²) in [6, 6.07) is 0. The van der Waals surface area contributed by atoms with Crippen LogP contribution in [-0.2, 0) is 0 Å². The van der Waals surface area contributed by atoms with E-state index < -0.39 is 0 Å². The van der Waals surface area contributed by atoms with Crippen molar-refractivity contribution >= 4 is 11.8 Å². The van der Waals surface area contributed by atoms with E-state index in [1.165, 1.54) is 19.3 Å². The maximum Gasteiger partial charge on any atom is 0.187 e. The van der Waals surface area contributed by atoms with Crippen molar-refractivity contribution in [3.8, 4) is 0 Å². The van der Waals surface area contributed by atoms with E-state index in [1.54, 1.807) is 11.8 Å². The van der Waals surface area contributed by atoms with Crippen molar-refractivity contribution in [3.63, 3.8) is 0 Å². The summed E-state index contributed by atoms with van der Waals surface area (Å²) in [6.45, 7) is 6.46. The summed E-state index contributed by atoms with van der Waals surface area (Å²) < 4.78 is 0. The minimum atomic E-state index is 0.895. The summed E-state index contributed by atoms with van der Waals surface area (Å²) in [7, 11) is 0. The Hall–Kier alpha value is -0.610. The quantitative estimate of drug-likeness (QED) is 0.430. The Balaban J connectivity index is 2.01. The topological polar surface area (TPSA) is 37.8 Å². The lowest BCUT2D eigenvalue weighted by Crippen LogP contribution is -2.15. The fourth-order valence-electron chi connectivity index (χ4n) is 1.27. The van der Waals surface area contributed by atoms with Crippen molar-refractivity contribution in [3.05, 3.63) is 18.0 Å². The zero-order valence-corrected chi connectivity index (χ0v) is 11.0. The van der Waals surface area contributed by atoms with E-state index in [-0.39, 0.29) is 0 Å². The number of aryl methyl sites for hydroxylation is 1. The summed E-state index contributed by atoms with van der Waals surface area (Å²) in [6.07, 6.45) is 7.42. The van der Waals surface area contributed by atoms with Gasteiger partial charge < -0.3 is 5.32 Å². The third-order valence-electron chi connectivity index (χ3n) is 2.16. The van der Waals surface area contributed by atoms with Crippen molar-refractivity contribution < 1.29 is 0 Å². The highest BCUT2D eigenvalue weighted by Gasteiger charge is 1.96. The van der Waals surface area contributed by atoms with Crippen LogP contribution >= 0.6 is 11.8 Å². The third-order valence-corrected chi connectivity index (χ3v) is 3.12. The summed E-state index contributed by atoms with van der Waals surface area (Å²) >= 11 is 1.74. The fraction of sp³-hybridized carbons (Fsp3) is 0.667. The van der Waals surface area contributed by atoms with Gasteiger partial charge in [-0.05, 0) is 44.8 Å². The molecule has 0 amide bonds. The molecule has 0 aliphatic heterocycles. The van der Waals surface area contributed by atoms with Gasteiger partial charge in [0, 0.05) is 18.1 Å². The van der Waals surface area contributed by atoms with E-state index in [4.69, 9.17) is 0 Å². The monoisotopic (exact) mass is 239 g/mol. The van der Waals surface area contributed by atoms with Crippen molar-refractivity contribution in [2.24, 2.45) is 0 Å². The molecule has 0 saturated heterocycles. The van der Waals surface area contributed by atoms with E-state index >= 15 is 0 Å². The van der Waals surface area contributed by atoms with E-state index in [0.29, 0.717) is 0 Å². The maximum absolute atomic E-state index is 4.26. The molecule has 0 atom stereocenters. The molecule has 0 bridgehead atoms. The van der Waals surface area contributed by atoms with Gasteiger partial charge in [-0.2, -0.15) is 0 Å². The smallest absolute Gasteiger partial charge is 0.187 e. The van der Waals surface area contributed by atoms with Gasteiger partial charge in [-0.1, -0.05) is 18.7 Å². The highest BCUT2D eigenvalue weighted by molar-refractivity contribution is 7.99. The molecular weight excluding hydrogens is 218 g/mol. The molecule has 0 spiro atoms. The first-order chi connectivity index (χ1) is 7.83. The first-order valence-corrected chi connectivity index (χ1v) is 6.93. The van der Waals surface area contributed by atoms with Crippen LogP contribution in [0.1, 0.15) is 31.7 Å². The van der Waals surface area contributed by atoms with Crippen LogP contribution in [0.25, 0.3) is 0 Å². The van der Waals surface area contributed by atoms with Crippen molar-refractivity contribution in [1.82, 2.24) is 15.3 Å². The molecule has 1 aromatic heterocycles. The number of hydrogen-bond donors (Lipinski definition) is 1. The SMILES string of the molecule is CCCNCCCCSc1ncc(C)cn1. The fourth-order valence-corrected chi connectivity index (χ4v) is 2.06. The minimum Gasteiger partial charge on any atom is -0.317 e. The Morgan fingerprint density at radius 2 is 1.94 bits per heavy atom. The van der Waals surface area contributed by atoms with Crippen LogP contribution in [0.4, 0.5) is 0 Å². The number of hydrogen-bond acceptors (Lipinski definition) is 4. The molecule has 1 N–H and O–H groups in total. The predicted molar refractivity (Wildman–Crippen MR) is 69.9 cm³/mol. The summed E-state index contributed by atoms with van der Waals surface area (Å²) in [5.74, 6) is 1.11. The Kier molecular flexibility index (Phi) is 7.17. The zero-order chi connectivity index (χ0) is 11.6. The van der Waals surface area contributed by atoms with Crippen LogP contribution in [0.5, 0.6) is 0 Å². The zero-order valence-electron chi connectivity index (χ0n) is 10.2. The molecule has 1 rings (SSSR count). The number of nitrogens with zero attached hydrogens (tertiary/aromatic N) is 2. The molecule has 1 aromatic rings. The lowest BCUT2D eigenvalue weighted by Gasteiger charge is -2.02. The van der Waals surface area contributed by atoms with Gasteiger partial charge in [0.25, 0.3) is 0 Å². The van der Waals surface area contributed by atoms with Crippen LogP contribution in [0.15, 0.2) is 17.6 Å². The van der Waals surface area contributed by atoms with Gasteiger partial charge in [0.05, 0.1) is 0 Å². The first kappa shape index (κ1) is 13.5. The Bertz CT molecular complexity index is 274. The molecule has 0 radical (unpaired) electrons. The number of rotatable bonds is 8. The Morgan fingerprint density at radius 3 is 2.62 bits per heavy atom. The van der Waals surface area contributed by atoms with Crippen molar-refractivity contribution in [2.45, 2.75) is 38.3 Å². The van der Waals surface area contributed by atoms with Crippen LogP contribution < -0.4 is 5.32 Å². The molecule has 90 valence electrons. The standard InChI is InChI=1S/C12H21N3S/c1-3-6-13-7-4-5-8-16-12-14-9-11(2)10-15-12/h9-10,13H,3-8H2,1-2H3. The molecule has 0 unspecified atom stereocenters. The maximum atomic E-state index is 4.26. The normalized spacial score (nSPS) is 10.6. The van der Waals surface area contributed by atoms with Gasteiger partial charge in [0.1, 0.15) is 0 Å². The summed E-state index contributed by atoms with van der Waals surface area (Å²) in [5, 5.41) is 4.30. The Morgan fingerprint density at radius 1 is 1.19 bits per heavy atom. The molecule has 1 heterocycles. The second-order valence-electron chi connectivity index (χ2n) is 3.85. The first-order valence-electron chi connectivity index (χ1n) is 5.95. The molecule has 16 heavy (non-hydrogen) atoms. The lowest BCUT2D eigenvalue weighted by molar-refractivity contribution is 0.635. The third kappa shape index (κ3) is 6.08. The highest BCUT2D eigenvalue weighted by atomic mass is 32.2. The van der Waals surface area contributed by atoms with Gasteiger partial charge in [-0.25, -0.2) is 9.97 Å². The highest BCUT2D eigenvalue weighted by Crippen LogP contribution is 2.13. The largest absolute Gasteiger partial charge is 0.317 e. The van der Waals surface area contributed by atoms with Crippen LogP contribution in [-0.4, -0.2) is 28.8 Å². The van der Waals surface area contributed by atoms with Gasteiger partial charge in [0.2, 0.25) is 0 Å². The van der Waals surface area contributed by atoms with Crippen LogP contribution in [0.3, 0.4) is 0 Å². The molecule has 3 nitrogen and oxygen atoms in total. The second kappa shape index (κ2) is 8.53. The van der Waals surface area contributed by atoms with Gasteiger partial charge in [-0.15, -0.1) is 0 Å². The van der Waals surface area contributed by atoms with E-state index in [9.17, 15) is 0 Å². The van der Waals surface area contributed by atoms with E-state index in [0.717, 1.165) is 29.6 Å². The molecule has 0 saturated carbocycles. The second-order valence-corrected chi connectivity index (χ2v) is 4.91. The van der Waals surface area contributed by atoms with Gasteiger partial charge in [0.15, 0.2) is 5.16 Å². The van der Waals surface area contributed by atoms with E-state index in [2.05, 4.69) is 22.2 Å². The molecule has 0 aromatic carbocycles. The molecule has 0 fully saturated rings. The van der Waals surface area contributed by atoms with Crippen molar-refractivity contribution in [1.29, 1.82) is 0 Å². The minimum absolute atomic E-state index is 0.895. The number of aromatic nitrogens is 2. The summed E-state index contributed by atoms with van der Waals surface area (Å²) in [4.78, 5) is 8.52. The molecular formula is C12H21N3S. The van der Waals surface area contributed by atoms with Crippen molar-refractivity contribution in [2.75, 3.05) is 18.8 Å². The molecule has 4 heteroatoms. The Labute approximate surface area is 102 Å². The number of thioether (sulfide) groups is 1. The number of nitrogens with one attached hydrogen (secondary N) is 1. The molecule has 0 aliphatic rings. The van der Waals surface area contributed by atoms with E-state index in [1.807, 2.05) is 19.3 Å². The van der Waals surface area contributed by atoms with Crippen LogP contribution in [0.2, 0.25) is 0 Å². The summed E-state index contributed by atoms with van der Waals surface area (Å²) in [5.41, 5.74) is 1.12. The molecule has 0 aliphatic carbocycles. The predicted octanol–water partition coefficient (Wildman–Crippen LogP) is 2.66. The average molecular weight is 239 g/mol. The van der Waals surface area contributed by atoms with Crippen LogP contribution in [0, 0.1) is 6.92 Å². The van der Waals surface area contributed by atoms with Gasteiger partial charge in [-0.3, -0.25) is 0 Å². The lowest BCUT2D eigenvalue weighted by atomic mass is 10.3. The average Bonchev–Trinajstić information content (AvgIpc) is 2.30. The van der Waals surface area contributed by atoms with Gasteiger partial charge >= 0.3 is 0 Å².